The second kappa shape index (κ2) is 8.34. The van der Waals surface area contributed by atoms with Crippen LogP contribution in [0.2, 0.25) is 0 Å². The number of aromatic amines is 1. The fraction of sp³-hybridized carbons (Fsp3) is 0.562. The first-order valence-corrected chi connectivity index (χ1v) is 9.35. The van der Waals surface area contributed by atoms with Crippen LogP contribution in [-0.2, 0) is 10.5 Å². The number of hydrogen-bond acceptors (Lipinski definition) is 6. The van der Waals surface area contributed by atoms with Crippen LogP contribution >= 0.6 is 11.8 Å². The number of carbonyl (C=O) groups excluding carboxylic acids is 1. The second-order valence-corrected chi connectivity index (χ2v) is 7.03. The molecule has 0 bridgehead atoms. The molecule has 0 spiro atoms. The van der Waals surface area contributed by atoms with E-state index in [0.29, 0.717) is 12.2 Å². The molecule has 1 fully saturated rings. The van der Waals surface area contributed by atoms with Crippen molar-refractivity contribution in [3.8, 4) is 0 Å². The molecule has 1 aliphatic heterocycles. The molecule has 0 saturated carbocycles. The molecule has 2 N–H and O–H groups in total. The molecule has 0 aliphatic carbocycles. The van der Waals surface area contributed by atoms with Gasteiger partial charge in [-0.1, -0.05) is 12.1 Å². The van der Waals surface area contributed by atoms with E-state index in [2.05, 4.69) is 27.6 Å². The SMILES string of the molecule is CCSCc1cc(C(=O)NC[C@@H]2CCCO[C@H]2c2cn[nH]c2)no1. The van der Waals surface area contributed by atoms with Crippen LogP contribution < -0.4 is 5.32 Å². The zero-order valence-corrected chi connectivity index (χ0v) is 14.5. The van der Waals surface area contributed by atoms with E-state index >= 15 is 0 Å². The Labute approximate surface area is 144 Å². The molecule has 3 heterocycles. The van der Waals surface area contributed by atoms with E-state index < -0.39 is 0 Å². The Kier molecular flexibility index (Phi) is 5.92. The lowest BCUT2D eigenvalue weighted by atomic mass is 9.91. The van der Waals surface area contributed by atoms with Gasteiger partial charge in [0.25, 0.3) is 5.91 Å². The number of ether oxygens (including phenoxy) is 1. The second-order valence-electron chi connectivity index (χ2n) is 5.75. The van der Waals surface area contributed by atoms with Crippen molar-refractivity contribution < 1.29 is 14.1 Å². The van der Waals surface area contributed by atoms with Gasteiger partial charge in [0.2, 0.25) is 0 Å². The minimum atomic E-state index is -0.206. The lowest BCUT2D eigenvalue weighted by Crippen LogP contribution is -2.35. The highest BCUT2D eigenvalue weighted by atomic mass is 32.2. The summed E-state index contributed by atoms with van der Waals surface area (Å²) >= 11 is 1.73. The first-order chi connectivity index (χ1) is 11.8. The maximum absolute atomic E-state index is 12.3. The van der Waals surface area contributed by atoms with Gasteiger partial charge in [0.15, 0.2) is 5.69 Å². The number of nitrogens with zero attached hydrogens (tertiary/aromatic N) is 2. The molecule has 2 aromatic rings. The standard InChI is InChI=1S/C16H22N4O3S/c1-2-24-10-13-6-14(20-23-13)16(21)17-7-11-4-3-5-22-15(11)12-8-18-19-9-12/h6,8-9,11,15H,2-5,7,10H2,1H3,(H,17,21)(H,18,19)/t11-,15+/m0/s1. The largest absolute Gasteiger partial charge is 0.373 e. The quantitative estimate of drug-likeness (QED) is 0.797. The minimum absolute atomic E-state index is 0.0355. The van der Waals surface area contributed by atoms with Crippen molar-refractivity contribution in [2.24, 2.45) is 5.92 Å². The van der Waals surface area contributed by atoms with Crippen LogP contribution in [0.1, 0.15) is 47.7 Å². The van der Waals surface area contributed by atoms with Crippen molar-refractivity contribution in [3.05, 3.63) is 35.5 Å². The van der Waals surface area contributed by atoms with Gasteiger partial charge in [-0.05, 0) is 18.6 Å². The van der Waals surface area contributed by atoms with Crippen LogP contribution in [0.25, 0.3) is 0 Å². The smallest absolute Gasteiger partial charge is 0.273 e. The topological polar surface area (TPSA) is 93.0 Å². The minimum Gasteiger partial charge on any atom is -0.373 e. The van der Waals surface area contributed by atoms with E-state index in [-0.39, 0.29) is 17.9 Å². The van der Waals surface area contributed by atoms with E-state index in [1.54, 1.807) is 24.0 Å². The van der Waals surface area contributed by atoms with Crippen LogP contribution in [-0.4, -0.2) is 40.2 Å². The molecule has 2 aromatic heterocycles. The molecule has 7 nitrogen and oxygen atoms in total. The maximum atomic E-state index is 12.3. The number of amides is 1. The lowest BCUT2D eigenvalue weighted by molar-refractivity contribution is -0.0272. The number of H-pyrrole nitrogens is 1. The summed E-state index contributed by atoms with van der Waals surface area (Å²) in [6.07, 6.45) is 5.59. The molecule has 24 heavy (non-hydrogen) atoms. The molecule has 1 amide bonds. The zero-order chi connectivity index (χ0) is 16.8. The molecule has 1 aliphatic rings. The van der Waals surface area contributed by atoms with E-state index in [9.17, 15) is 4.79 Å². The number of nitrogens with one attached hydrogen (secondary N) is 2. The first-order valence-electron chi connectivity index (χ1n) is 8.19. The summed E-state index contributed by atoms with van der Waals surface area (Å²) in [5.41, 5.74) is 1.35. The summed E-state index contributed by atoms with van der Waals surface area (Å²) in [6.45, 7) is 3.36. The number of thioether (sulfide) groups is 1. The van der Waals surface area contributed by atoms with Crippen molar-refractivity contribution in [3.63, 3.8) is 0 Å². The summed E-state index contributed by atoms with van der Waals surface area (Å²) < 4.78 is 11.1. The Morgan fingerprint density at radius 1 is 1.54 bits per heavy atom. The number of hydrogen-bond donors (Lipinski definition) is 2. The fourth-order valence-electron chi connectivity index (χ4n) is 2.84. The Balaban J connectivity index is 1.55. The molecule has 8 heteroatoms. The Hall–Kier alpha value is -1.80. The normalized spacial score (nSPS) is 20.9. The molecule has 2 atom stereocenters. The van der Waals surface area contributed by atoms with Gasteiger partial charge in [0.1, 0.15) is 5.76 Å². The third-order valence-corrected chi connectivity index (χ3v) is 4.95. The Bertz CT molecular complexity index is 644. The first kappa shape index (κ1) is 17.0. The molecule has 0 unspecified atom stereocenters. The van der Waals surface area contributed by atoms with Crippen LogP contribution in [0.15, 0.2) is 23.0 Å². The molecular formula is C16H22N4O3S. The highest BCUT2D eigenvalue weighted by Crippen LogP contribution is 2.32. The van der Waals surface area contributed by atoms with Crippen LogP contribution in [0, 0.1) is 5.92 Å². The van der Waals surface area contributed by atoms with Gasteiger partial charge in [0, 0.05) is 36.9 Å². The van der Waals surface area contributed by atoms with Crippen molar-refractivity contribution in [2.75, 3.05) is 18.9 Å². The summed E-state index contributed by atoms with van der Waals surface area (Å²) in [5.74, 6) is 2.48. The third kappa shape index (κ3) is 4.18. The van der Waals surface area contributed by atoms with Crippen molar-refractivity contribution in [1.29, 1.82) is 0 Å². The molecule has 0 aromatic carbocycles. The molecule has 130 valence electrons. The van der Waals surface area contributed by atoms with Crippen LogP contribution in [0.4, 0.5) is 0 Å². The average Bonchev–Trinajstić information content (AvgIpc) is 3.30. The van der Waals surface area contributed by atoms with Crippen molar-refractivity contribution >= 4 is 17.7 Å². The zero-order valence-electron chi connectivity index (χ0n) is 13.7. The van der Waals surface area contributed by atoms with Gasteiger partial charge in [0.05, 0.1) is 18.1 Å². The molecule has 3 rings (SSSR count). The predicted octanol–water partition coefficient (Wildman–Crippen LogP) is 2.55. The number of carbonyl (C=O) groups is 1. The van der Waals surface area contributed by atoms with E-state index in [1.807, 2.05) is 6.20 Å². The Morgan fingerprint density at radius 2 is 2.46 bits per heavy atom. The highest BCUT2D eigenvalue weighted by molar-refractivity contribution is 7.98. The van der Waals surface area contributed by atoms with Gasteiger partial charge < -0.3 is 14.6 Å². The van der Waals surface area contributed by atoms with Crippen molar-refractivity contribution in [1.82, 2.24) is 20.7 Å². The number of rotatable bonds is 7. The van der Waals surface area contributed by atoms with E-state index in [1.165, 1.54) is 0 Å². The monoisotopic (exact) mass is 350 g/mol. The van der Waals surface area contributed by atoms with Crippen LogP contribution in [0.5, 0.6) is 0 Å². The highest BCUT2D eigenvalue weighted by Gasteiger charge is 2.28. The van der Waals surface area contributed by atoms with Gasteiger partial charge in [-0.2, -0.15) is 16.9 Å². The van der Waals surface area contributed by atoms with Gasteiger partial charge in [-0.25, -0.2) is 0 Å². The lowest BCUT2D eigenvalue weighted by Gasteiger charge is -2.31. The molecular weight excluding hydrogens is 328 g/mol. The third-order valence-electron chi connectivity index (χ3n) is 4.06. The van der Waals surface area contributed by atoms with Gasteiger partial charge >= 0.3 is 0 Å². The number of aromatic nitrogens is 3. The summed E-state index contributed by atoms with van der Waals surface area (Å²) in [7, 11) is 0. The average molecular weight is 350 g/mol. The van der Waals surface area contributed by atoms with Crippen LogP contribution in [0.3, 0.4) is 0 Å². The summed E-state index contributed by atoms with van der Waals surface area (Å²) in [4.78, 5) is 12.3. The van der Waals surface area contributed by atoms with Crippen molar-refractivity contribution in [2.45, 2.75) is 31.6 Å². The van der Waals surface area contributed by atoms with E-state index in [4.69, 9.17) is 9.26 Å². The Morgan fingerprint density at radius 3 is 3.25 bits per heavy atom. The maximum Gasteiger partial charge on any atom is 0.273 e. The molecule has 1 saturated heterocycles. The predicted molar refractivity (Wildman–Crippen MR) is 90.7 cm³/mol. The molecule has 0 radical (unpaired) electrons. The fourth-order valence-corrected chi connectivity index (χ4v) is 3.38. The summed E-state index contributed by atoms with van der Waals surface area (Å²) in [6, 6.07) is 1.71. The summed E-state index contributed by atoms with van der Waals surface area (Å²) in [5, 5.41) is 13.6. The van der Waals surface area contributed by atoms with Gasteiger partial charge in [-0.3, -0.25) is 9.89 Å². The van der Waals surface area contributed by atoms with E-state index in [0.717, 1.165) is 42.3 Å². The van der Waals surface area contributed by atoms with Gasteiger partial charge in [-0.15, -0.1) is 0 Å².